The van der Waals surface area contributed by atoms with Crippen LogP contribution in [0.5, 0.6) is 0 Å². The van der Waals surface area contributed by atoms with Crippen molar-refractivity contribution >= 4 is 5.78 Å². The van der Waals surface area contributed by atoms with Gasteiger partial charge in [-0.1, -0.05) is 20.8 Å². The number of Topliss-reactive ketones (excluding diaryl/α,β-unsaturated/α-hetero) is 1. The van der Waals surface area contributed by atoms with Crippen LogP contribution >= 0.6 is 0 Å². The van der Waals surface area contributed by atoms with Gasteiger partial charge in [-0.3, -0.25) is 15.1 Å². The van der Waals surface area contributed by atoms with Gasteiger partial charge in [0.05, 0.1) is 12.2 Å². The highest BCUT2D eigenvalue weighted by Crippen LogP contribution is 2.66. The highest BCUT2D eigenvalue weighted by Gasteiger charge is 2.62. The number of hydrogen-bond donors (Lipinski definition) is 3. The smallest absolute Gasteiger partial charge is 0.139 e. The molecule has 0 amide bonds. The standard InChI is InChI=1S/C25H40N2O3/c1-4-16-20(27-30-15-9-12-26-14-15)8-11-25(3)19-7-10-24(2)18(5-6-22(24)29)17(19)13-21(28)23(16)25/h15,17-19,21,23,26-28H,4-14H2,1-3H3/t15-,17+,18+,19+,21+,23?,24+,25-/m1/s1. The van der Waals surface area contributed by atoms with E-state index < -0.39 is 0 Å². The zero-order chi connectivity index (χ0) is 21.1. The minimum absolute atomic E-state index is 0.126. The van der Waals surface area contributed by atoms with E-state index in [1.807, 2.05) is 0 Å². The van der Waals surface area contributed by atoms with Crippen LogP contribution in [-0.4, -0.2) is 36.2 Å². The van der Waals surface area contributed by atoms with Crippen LogP contribution in [0.1, 0.15) is 78.6 Å². The second-order valence-electron chi connectivity index (χ2n) is 11.3. The molecule has 0 radical (unpaired) electrons. The van der Waals surface area contributed by atoms with Crippen molar-refractivity contribution in [1.29, 1.82) is 0 Å². The Labute approximate surface area is 181 Å². The molecule has 3 N–H and O–H groups in total. The number of aliphatic hydroxyl groups excluding tert-OH is 1. The predicted molar refractivity (Wildman–Crippen MR) is 116 cm³/mol. The van der Waals surface area contributed by atoms with E-state index in [0.717, 1.165) is 70.9 Å². The van der Waals surface area contributed by atoms with Crippen molar-refractivity contribution in [2.45, 2.75) is 90.8 Å². The molecule has 0 aromatic carbocycles. The fraction of sp³-hybridized carbons (Fsp3) is 0.880. The van der Waals surface area contributed by atoms with E-state index in [9.17, 15) is 9.90 Å². The summed E-state index contributed by atoms with van der Waals surface area (Å²) in [7, 11) is 0. The summed E-state index contributed by atoms with van der Waals surface area (Å²) in [5, 5.41) is 14.8. The molecular weight excluding hydrogens is 376 g/mol. The Bertz CT molecular complexity index is 730. The molecule has 168 valence electrons. The lowest BCUT2D eigenvalue weighted by Gasteiger charge is -2.61. The van der Waals surface area contributed by atoms with E-state index >= 15 is 0 Å². The SMILES string of the molecule is CCC1=C(NO[C@@H]2CCNC2)CC[C@@]2(C)C1[C@@H](O)C[C@@H]1[C@@H]2CC[C@]2(C)C(=O)CC[C@@H]12. The highest BCUT2D eigenvalue weighted by atomic mass is 16.7. The number of rotatable bonds is 4. The summed E-state index contributed by atoms with van der Waals surface area (Å²) in [6.45, 7) is 8.84. The minimum Gasteiger partial charge on any atom is -0.392 e. The Morgan fingerprint density at radius 2 is 2.00 bits per heavy atom. The largest absolute Gasteiger partial charge is 0.392 e. The van der Waals surface area contributed by atoms with Crippen LogP contribution in [0.4, 0.5) is 0 Å². The first-order chi connectivity index (χ1) is 14.4. The van der Waals surface area contributed by atoms with Crippen molar-refractivity contribution in [1.82, 2.24) is 10.8 Å². The summed E-state index contributed by atoms with van der Waals surface area (Å²) in [6.07, 6.45) is 8.89. The molecule has 0 bridgehead atoms. The summed E-state index contributed by atoms with van der Waals surface area (Å²) >= 11 is 0. The Morgan fingerprint density at radius 3 is 2.73 bits per heavy atom. The zero-order valence-electron chi connectivity index (χ0n) is 19.0. The van der Waals surface area contributed by atoms with Gasteiger partial charge < -0.3 is 10.4 Å². The van der Waals surface area contributed by atoms with Crippen molar-refractivity contribution in [3.8, 4) is 0 Å². The number of fused-ring (bicyclic) bond motifs is 5. The van der Waals surface area contributed by atoms with Crippen LogP contribution in [0, 0.1) is 34.5 Å². The van der Waals surface area contributed by atoms with Gasteiger partial charge in [-0.15, -0.1) is 0 Å². The van der Waals surface area contributed by atoms with Crippen molar-refractivity contribution < 1.29 is 14.7 Å². The van der Waals surface area contributed by atoms with Crippen LogP contribution in [-0.2, 0) is 9.63 Å². The molecular formula is C25H40N2O3. The third-order valence-corrected chi connectivity index (χ3v) is 10.0. The average Bonchev–Trinajstić information content (AvgIpc) is 3.34. The van der Waals surface area contributed by atoms with Crippen molar-refractivity contribution in [3.05, 3.63) is 11.3 Å². The van der Waals surface area contributed by atoms with E-state index in [1.54, 1.807) is 0 Å². The molecule has 3 saturated carbocycles. The fourth-order valence-corrected chi connectivity index (χ4v) is 8.44. The molecule has 1 heterocycles. The molecule has 1 unspecified atom stereocenters. The number of hydrogen-bond acceptors (Lipinski definition) is 5. The first-order valence-corrected chi connectivity index (χ1v) is 12.4. The Kier molecular flexibility index (Phi) is 5.31. The van der Waals surface area contributed by atoms with Crippen LogP contribution in [0.2, 0.25) is 0 Å². The zero-order valence-corrected chi connectivity index (χ0v) is 19.0. The second kappa shape index (κ2) is 7.60. The molecule has 0 spiro atoms. The van der Waals surface area contributed by atoms with Gasteiger partial charge in [0.25, 0.3) is 0 Å². The van der Waals surface area contributed by atoms with Crippen LogP contribution in [0.25, 0.3) is 0 Å². The summed E-state index contributed by atoms with van der Waals surface area (Å²) in [5.41, 5.74) is 5.95. The van der Waals surface area contributed by atoms with E-state index in [2.05, 4.69) is 31.6 Å². The third-order valence-electron chi connectivity index (χ3n) is 10.0. The molecule has 5 nitrogen and oxygen atoms in total. The van der Waals surface area contributed by atoms with Crippen LogP contribution < -0.4 is 10.8 Å². The molecule has 5 aliphatic rings. The molecule has 5 rings (SSSR count). The first-order valence-electron chi connectivity index (χ1n) is 12.4. The Hall–Kier alpha value is -0.910. The summed E-state index contributed by atoms with van der Waals surface area (Å²) in [5.74, 6) is 2.29. The highest BCUT2D eigenvalue weighted by molar-refractivity contribution is 5.87. The number of nitrogens with one attached hydrogen (secondary N) is 2. The number of allylic oxidation sites excluding steroid dienone is 1. The number of carbonyl (C=O) groups excluding carboxylic acids is 1. The average molecular weight is 417 g/mol. The molecule has 4 fully saturated rings. The van der Waals surface area contributed by atoms with Crippen molar-refractivity contribution in [2.24, 2.45) is 34.5 Å². The quantitative estimate of drug-likeness (QED) is 0.609. The molecule has 8 atom stereocenters. The number of carbonyl (C=O) groups is 1. The molecule has 30 heavy (non-hydrogen) atoms. The molecule has 0 aromatic rings. The lowest BCUT2D eigenvalue weighted by molar-refractivity contribution is -0.149. The Morgan fingerprint density at radius 1 is 1.17 bits per heavy atom. The molecule has 0 aromatic heterocycles. The Balaban J connectivity index is 1.41. The fourth-order valence-electron chi connectivity index (χ4n) is 8.44. The summed E-state index contributed by atoms with van der Waals surface area (Å²) < 4.78 is 0. The normalized spacial score (nSPS) is 48.3. The van der Waals surface area contributed by atoms with Gasteiger partial charge >= 0.3 is 0 Å². The number of ketones is 1. The summed E-state index contributed by atoms with van der Waals surface area (Å²) in [6, 6.07) is 0. The second-order valence-corrected chi connectivity index (χ2v) is 11.3. The number of aliphatic hydroxyl groups is 1. The van der Waals surface area contributed by atoms with Crippen LogP contribution in [0.15, 0.2) is 11.3 Å². The lowest BCUT2D eigenvalue weighted by Crippen LogP contribution is -2.58. The van der Waals surface area contributed by atoms with Gasteiger partial charge in [-0.2, -0.15) is 0 Å². The van der Waals surface area contributed by atoms with Crippen molar-refractivity contribution in [3.63, 3.8) is 0 Å². The van der Waals surface area contributed by atoms with Gasteiger partial charge in [0.1, 0.15) is 5.78 Å². The minimum atomic E-state index is -0.311. The molecule has 1 aliphatic heterocycles. The maximum absolute atomic E-state index is 12.7. The predicted octanol–water partition coefficient (Wildman–Crippen LogP) is 3.73. The molecule has 4 aliphatic carbocycles. The molecule has 5 heteroatoms. The van der Waals surface area contributed by atoms with Gasteiger partial charge in [-0.25, -0.2) is 0 Å². The van der Waals surface area contributed by atoms with Gasteiger partial charge in [0.2, 0.25) is 0 Å². The monoisotopic (exact) mass is 416 g/mol. The topological polar surface area (TPSA) is 70.6 Å². The number of hydroxylamine groups is 1. The van der Waals surface area contributed by atoms with Gasteiger partial charge in [0.15, 0.2) is 0 Å². The summed E-state index contributed by atoms with van der Waals surface area (Å²) in [4.78, 5) is 18.7. The lowest BCUT2D eigenvalue weighted by atomic mass is 9.44. The van der Waals surface area contributed by atoms with E-state index in [-0.39, 0.29) is 29.0 Å². The van der Waals surface area contributed by atoms with E-state index in [4.69, 9.17) is 4.84 Å². The van der Waals surface area contributed by atoms with E-state index in [1.165, 1.54) is 11.3 Å². The van der Waals surface area contributed by atoms with E-state index in [0.29, 0.717) is 23.5 Å². The van der Waals surface area contributed by atoms with Crippen LogP contribution in [0.3, 0.4) is 0 Å². The third kappa shape index (κ3) is 3.02. The van der Waals surface area contributed by atoms with Gasteiger partial charge in [0, 0.05) is 30.0 Å². The van der Waals surface area contributed by atoms with Crippen molar-refractivity contribution in [2.75, 3.05) is 13.1 Å². The first kappa shape index (κ1) is 21.0. The maximum atomic E-state index is 12.7. The molecule has 1 saturated heterocycles. The van der Waals surface area contributed by atoms with Gasteiger partial charge in [-0.05, 0) is 86.7 Å². The maximum Gasteiger partial charge on any atom is 0.139 e.